The average Bonchev–Trinajstić information content (AvgIpc) is 2.88. The highest BCUT2D eigenvalue weighted by atomic mass is 79.9. The maximum Gasteiger partial charge on any atom is 0.105 e. The van der Waals surface area contributed by atoms with E-state index in [-0.39, 0.29) is 0 Å². The molecule has 2 aromatic rings. The van der Waals surface area contributed by atoms with Crippen molar-refractivity contribution in [2.75, 3.05) is 0 Å². The Bertz CT molecular complexity index is 452. The molecule has 0 radical (unpaired) electrons. The quantitative estimate of drug-likeness (QED) is 0.885. The van der Waals surface area contributed by atoms with Crippen LogP contribution in [0.1, 0.15) is 30.5 Å². The van der Waals surface area contributed by atoms with Crippen LogP contribution in [0.25, 0.3) is 0 Å². The largest absolute Gasteiger partial charge is 0.469 e. The summed E-state index contributed by atoms with van der Waals surface area (Å²) in [7, 11) is 0. The predicted molar refractivity (Wildman–Crippen MR) is 75.4 cm³/mol. The van der Waals surface area contributed by atoms with Gasteiger partial charge in [-0.1, -0.05) is 0 Å². The summed E-state index contributed by atoms with van der Waals surface area (Å²) in [4.78, 5) is 1.34. The molecule has 0 amide bonds. The van der Waals surface area contributed by atoms with Gasteiger partial charge < -0.3 is 9.73 Å². The van der Waals surface area contributed by atoms with Crippen LogP contribution in [0.2, 0.25) is 0 Å². The van der Waals surface area contributed by atoms with E-state index in [2.05, 4.69) is 46.5 Å². The summed E-state index contributed by atoms with van der Waals surface area (Å²) in [6, 6.07) is 6.79. The van der Waals surface area contributed by atoms with Crippen LogP contribution in [0.5, 0.6) is 0 Å². The van der Waals surface area contributed by atoms with Gasteiger partial charge >= 0.3 is 0 Å². The summed E-state index contributed by atoms with van der Waals surface area (Å²) in [6.45, 7) is 4.37. The van der Waals surface area contributed by atoms with Crippen molar-refractivity contribution >= 4 is 27.3 Å². The van der Waals surface area contributed by atoms with Gasteiger partial charge in [-0.2, -0.15) is 0 Å². The predicted octanol–water partition coefficient (Wildman–Crippen LogP) is 4.39. The topological polar surface area (TPSA) is 25.2 Å². The zero-order valence-corrected chi connectivity index (χ0v) is 12.3. The van der Waals surface area contributed by atoms with Gasteiger partial charge in [0.1, 0.15) is 5.76 Å². The maximum atomic E-state index is 5.35. The Morgan fingerprint density at radius 1 is 1.41 bits per heavy atom. The molecule has 2 nitrogen and oxygen atoms in total. The minimum absolute atomic E-state index is 0.356. The third kappa shape index (κ3) is 3.44. The van der Waals surface area contributed by atoms with E-state index >= 15 is 0 Å². The molecule has 0 fully saturated rings. The van der Waals surface area contributed by atoms with E-state index in [9.17, 15) is 0 Å². The van der Waals surface area contributed by atoms with Crippen molar-refractivity contribution in [2.45, 2.75) is 32.4 Å². The van der Waals surface area contributed by atoms with Crippen LogP contribution in [-0.4, -0.2) is 6.04 Å². The number of thiophene rings is 1. The molecule has 17 heavy (non-hydrogen) atoms. The number of rotatable bonds is 5. The van der Waals surface area contributed by atoms with Crippen molar-refractivity contribution in [2.24, 2.45) is 0 Å². The highest BCUT2D eigenvalue weighted by molar-refractivity contribution is 9.10. The van der Waals surface area contributed by atoms with Crippen molar-refractivity contribution < 1.29 is 4.42 Å². The molecule has 2 atom stereocenters. The number of halogens is 1. The zero-order valence-electron chi connectivity index (χ0n) is 9.94. The summed E-state index contributed by atoms with van der Waals surface area (Å²) in [5.74, 6) is 1.03. The molecule has 0 aliphatic carbocycles. The zero-order chi connectivity index (χ0) is 12.3. The van der Waals surface area contributed by atoms with Gasteiger partial charge in [0.15, 0.2) is 0 Å². The molecule has 2 unspecified atom stereocenters. The minimum atomic E-state index is 0.356. The number of nitrogens with one attached hydrogen (secondary N) is 1. The summed E-state index contributed by atoms with van der Waals surface area (Å²) in [5.41, 5.74) is 0. The van der Waals surface area contributed by atoms with Gasteiger partial charge in [-0.25, -0.2) is 0 Å². The summed E-state index contributed by atoms with van der Waals surface area (Å²) in [6.07, 6.45) is 2.64. The summed E-state index contributed by atoms with van der Waals surface area (Å²) >= 11 is 5.34. The first-order valence-corrected chi connectivity index (χ1v) is 7.35. The number of hydrogen-bond donors (Lipinski definition) is 1. The lowest BCUT2D eigenvalue weighted by atomic mass is 10.1. The van der Waals surface area contributed by atoms with Crippen LogP contribution in [-0.2, 0) is 6.42 Å². The molecule has 0 saturated heterocycles. The molecule has 2 aromatic heterocycles. The van der Waals surface area contributed by atoms with E-state index in [1.807, 2.05) is 12.1 Å². The molecule has 2 rings (SSSR count). The molecule has 4 heteroatoms. The molecule has 0 saturated carbocycles. The fourth-order valence-electron chi connectivity index (χ4n) is 1.91. The van der Waals surface area contributed by atoms with Crippen molar-refractivity contribution in [3.05, 3.63) is 45.0 Å². The first kappa shape index (κ1) is 12.9. The monoisotopic (exact) mass is 313 g/mol. The minimum Gasteiger partial charge on any atom is -0.469 e. The van der Waals surface area contributed by atoms with Crippen LogP contribution >= 0.6 is 27.3 Å². The fourth-order valence-corrected chi connectivity index (χ4v) is 3.64. The molecule has 1 N–H and O–H groups in total. The lowest BCUT2D eigenvalue weighted by molar-refractivity contribution is 0.431. The lowest BCUT2D eigenvalue weighted by Gasteiger charge is -2.18. The summed E-state index contributed by atoms with van der Waals surface area (Å²) < 4.78 is 6.54. The molecule has 0 spiro atoms. The maximum absolute atomic E-state index is 5.35. The summed E-state index contributed by atoms with van der Waals surface area (Å²) in [5, 5.41) is 5.69. The smallest absolute Gasteiger partial charge is 0.105 e. The lowest BCUT2D eigenvalue weighted by Crippen LogP contribution is -2.30. The van der Waals surface area contributed by atoms with E-state index in [4.69, 9.17) is 4.42 Å². The Labute approximate surface area is 114 Å². The van der Waals surface area contributed by atoms with Gasteiger partial charge in [-0.15, -0.1) is 11.3 Å². The third-order valence-corrected chi connectivity index (χ3v) is 4.71. The highest BCUT2D eigenvalue weighted by Crippen LogP contribution is 2.29. The van der Waals surface area contributed by atoms with Gasteiger partial charge in [-0.05, 0) is 53.4 Å². The molecular formula is C13H16BrNOS. The second-order valence-electron chi connectivity index (χ2n) is 4.21. The van der Waals surface area contributed by atoms with Crippen LogP contribution < -0.4 is 5.32 Å². The van der Waals surface area contributed by atoms with E-state index < -0.39 is 0 Å². The van der Waals surface area contributed by atoms with Gasteiger partial charge in [0.25, 0.3) is 0 Å². The first-order valence-electron chi connectivity index (χ1n) is 5.68. The van der Waals surface area contributed by atoms with Gasteiger partial charge in [0.05, 0.1) is 6.26 Å². The first-order chi connectivity index (χ1) is 8.16. The Hall–Kier alpha value is -0.580. The molecule has 0 aromatic carbocycles. The molecule has 2 heterocycles. The Morgan fingerprint density at radius 2 is 2.24 bits per heavy atom. The van der Waals surface area contributed by atoms with Crippen LogP contribution in [0.3, 0.4) is 0 Å². The van der Waals surface area contributed by atoms with Crippen molar-refractivity contribution in [3.8, 4) is 0 Å². The molecule has 0 aliphatic heterocycles. The second kappa shape index (κ2) is 5.85. The van der Waals surface area contributed by atoms with E-state index in [0.29, 0.717) is 12.1 Å². The van der Waals surface area contributed by atoms with Crippen molar-refractivity contribution in [1.82, 2.24) is 5.32 Å². The van der Waals surface area contributed by atoms with E-state index in [1.54, 1.807) is 17.6 Å². The third-order valence-electron chi connectivity index (χ3n) is 2.66. The molecular weight excluding hydrogens is 298 g/mol. The van der Waals surface area contributed by atoms with E-state index in [0.717, 1.165) is 12.2 Å². The average molecular weight is 314 g/mol. The Balaban J connectivity index is 1.90. The van der Waals surface area contributed by atoms with Crippen LogP contribution in [0, 0.1) is 0 Å². The standard InChI is InChI=1S/C13H16BrNOS/c1-9(8-11-4-3-6-16-11)15-10(2)13-12(14)5-7-17-13/h3-7,9-10,15H,8H2,1-2H3. The van der Waals surface area contributed by atoms with Crippen LogP contribution in [0.4, 0.5) is 0 Å². The highest BCUT2D eigenvalue weighted by Gasteiger charge is 2.14. The number of furan rings is 1. The Kier molecular flexibility index (Phi) is 4.42. The van der Waals surface area contributed by atoms with Crippen LogP contribution in [0.15, 0.2) is 38.7 Å². The van der Waals surface area contributed by atoms with Crippen molar-refractivity contribution in [3.63, 3.8) is 0 Å². The van der Waals surface area contributed by atoms with E-state index in [1.165, 1.54) is 9.35 Å². The normalized spacial score (nSPS) is 14.8. The second-order valence-corrected chi connectivity index (χ2v) is 6.01. The molecule has 0 bridgehead atoms. The van der Waals surface area contributed by atoms with Gasteiger partial charge in [0.2, 0.25) is 0 Å². The number of hydrogen-bond acceptors (Lipinski definition) is 3. The Morgan fingerprint density at radius 3 is 2.82 bits per heavy atom. The van der Waals surface area contributed by atoms with Gasteiger partial charge in [0, 0.05) is 27.9 Å². The fraction of sp³-hybridized carbons (Fsp3) is 0.385. The van der Waals surface area contributed by atoms with Crippen molar-refractivity contribution in [1.29, 1.82) is 0 Å². The molecule has 92 valence electrons. The molecule has 0 aliphatic rings. The SMILES string of the molecule is CC(Cc1ccco1)NC(C)c1sccc1Br. The van der Waals surface area contributed by atoms with Gasteiger partial charge in [-0.3, -0.25) is 0 Å².